The van der Waals surface area contributed by atoms with Gasteiger partial charge >= 0.3 is 0 Å². The van der Waals surface area contributed by atoms with Crippen LogP contribution < -0.4 is 0 Å². The molecule has 4 aromatic rings. The van der Waals surface area contributed by atoms with Gasteiger partial charge in [0, 0.05) is 29.6 Å². The Hall–Kier alpha value is -3.03. The highest BCUT2D eigenvalue weighted by Gasteiger charge is 2.24. The number of amides is 1. The maximum Gasteiger partial charge on any atom is 0.255 e. The lowest BCUT2D eigenvalue weighted by Gasteiger charge is -2.25. The lowest BCUT2D eigenvalue weighted by Crippen LogP contribution is -2.36. The minimum atomic E-state index is -0.0193. The predicted molar refractivity (Wildman–Crippen MR) is 121 cm³/mol. The predicted octanol–water partition coefficient (Wildman–Crippen LogP) is 4.36. The highest BCUT2D eigenvalue weighted by Crippen LogP contribution is 2.21. The number of hydrogen-bond donors (Lipinski definition) is 0. The van der Waals surface area contributed by atoms with Crippen LogP contribution in [-0.2, 0) is 17.8 Å². The van der Waals surface area contributed by atoms with Crippen LogP contribution in [0.1, 0.15) is 33.6 Å². The van der Waals surface area contributed by atoms with E-state index in [1.807, 2.05) is 45.3 Å². The minimum absolute atomic E-state index is 0.0193. The molecule has 0 N–H and O–H groups in total. The van der Waals surface area contributed by atoms with Gasteiger partial charge in [0.2, 0.25) is 0 Å². The zero-order valence-corrected chi connectivity index (χ0v) is 18.0. The lowest BCUT2D eigenvalue weighted by atomic mass is 10.1. The number of benzene rings is 1. The van der Waals surface area contributed by atoms with Crippen molar-refractivity contribution in [3.63, 3.8) is 0 Å². The molecule has 1 aliphatic heterocycles. The quantitative estimate of drug-likeness (QED) is 0.435. The van der Waals surface area contributed by atoms with Gasteiger partial charge in [-0.3, -0.25) is 4.79 Å². The Labute approximate surface area is 185 Å². The van der Waals surface area contributed by atoms with Gasteiger partial charge in [0.25, 0.3) is 5.91 Å². The molecule has 1 atom stereocenters. The smallest absolute Gasteiger partial charge is 0.255 e. The summed E-state index contributed by atoms with van der Waals surface area (Å²) in [6.45, 7) is 2.61. The van der Waals surface area contributed by atoms with Crippen LogP contribution in [0.3, 0.4) is 0 Å². The Balaban J connectivity index is 1.38. The third-order valence-corrected chi connectivity index (χ3v) is 6.42. The second kappa shape index (κ2) is 8.99. The van der Waals surface area contributed by atoms with Gasteiger partial charge in [-0.1, -0.05) is 36.4 Å². The highest BCUT2D eigenvalue weighted by molar-refractivity contribution is 7.09. The molecule has 1 unspecified atom stereocenters. The third kappa shape index (κ3) is 4.52. The molecule has 158 valence electrons. The standard InChI is InChI=1S/C24H24N4O2S/c29-24(27(16-21-8-4-10-30-21)17-22-9-5-11-31-22)20-12-19-14-26-28(23(19)25-13-20)15-18-6-2-1-3-7-18/h1-3,5-7,9,11-14,21H,4,8,10,15-17H2. The molecule has 7 heteroatoms. The van der Waals surface area contributed by atoms with Gasteiger partial charge in [-0.15, -0.1) is 11.3 Å². The van der Waals surface area contributed by atoms with Gasteiger partial charge in [-0.05, 0) is 35.9 Å². The SMILES string of the molecule is O=C(c1cnc2c(cnn2Cc2ccccc2)c1)N(Cc1cccs1)CC1CCCO1. The molecule has 6 nitrogen and oxygen atoms in total. The number of ether oxygens (including phenoxy) is 1. The maximum atomic E-state index is 13.4. The molecule has 0 spiro atoms. The van der Waals surface area contributed by atoms with E-state index >= 15 is 0 Å². The number of pyridine rings is 1. The number of rotatable bonds is 7. The summed E-state index contributed by atoms with van der Waals surface area (Å²) in [6.07, 6.45) is 5.61. The first kappa shape index (κ1) is 19.9. The van der Waals surface area contributed by atoms with Crippen LogP contribution in [0.25, 0.3) is 11.0 Å². The van der Waals surface area contributed by atoms with Crippen molar-refractivity contribution in [1.82, 2.24) is 19.7 Å². The summed E-state index contributed by atoms with van der Waals surface area (Å²) in [5.74, 6) is -0.0193. The molecule has 4 heterocycles. The summed E-state index contributed by atoms with van der Waals surface area (Å²) >= 11 is 1.66. The van der Waals surface area contributed by atoms with E-state index in [1.54, 1.807) is 23.7 Å². The maximum absolute atomic E-state index is 13.4. The zero-order valence-electron chi connectivity index (χ0n) is 17.2. The van der Waals surface area contributed by atoms with Crippen LogP contribution in [0.5, 0.6) is 0 Å². The van der Waals surface area contributed by atoms with E-state index in [-0.39, 0.29) is 12.0 Å². The molecule has 0 aliphatic carbocycles. The molecule has 0 radical (unpaired) electrons. The van der Waals surface area contributed by atoms with E-state index in [0.717, 1.165) is 40.9 Å². The molecule has 1 fully saturated rings. The van der Waals surface area contributed by atoms with Gasteiger partial charge in [0.1, 0.15) is 0 Å². The van der Waals surface area contributed by atoms with Crippen LogP contribution >= 0.6 is 11.3 Å². The monoisotopic (exact) mass is 432 g/mol. The van der Waals surface area contributed by atoms with Gasteiger partial charge < -0.3 is 9.64 Å². The Kier molecular flexibility index (Phi) is 5.78. The average molecular weight is 433 g/mol. The Bertz CT molecular complexity index is 1150. The average Bonchev–Trinajstić information content (AvgIpc) is 3.57. The van der Waals surface area contributed by atoms with Gasteiger partial charge in [0.05, 0.1) is 31.0 Å². The zero-order chi connectivity index (χ0) is 21.0. The van der Waals surface area contributed by atoms with Crippen molar-refractivity contribution in [2.45, 2.75) is 32.0 Å². The van der Waals surface area contributed by atoms with Crippen LogP contribution in [0.2, 0.25) is 0 Å². The van der Waals surface area contributed by atoms with Crippen LogP contribution in [0.4, 0.5) is 0 Å². The molecule has 1 saturated heterocycles. The van der Waals surface area contributed by atoms with Gasteiger partial charge in [0.15, 0.2) is 5.65 Å². The highest BCUT2D eigenvalue weighted by atomic mass is 32.1. The number of fused-ring (bicyclic) bond motifs is 1. The summed E-state index contributed by atoms with van der Waals surface area (Å²) in [4.78, 5) is 21.1. The van der Waals surface area contributed by atoms with Crippen molar-refractivity contribution in [3.05, 3.63) is 82.3 Å². The number of carbonyl (C=O) groups is 1. The second-order valence-corrected chi connectivity index (χ2v) is 8.86. The van der Waals surface area contributed by atoms with Crippen LogP contribution in [0.15, 0.2) is 66.3 Å². The molecule has 5 rings (SSSR count). The first-order valence-electron chi connectivity index (χ1n) is 10.5. The first-order valence-corrected chi connectivity index (χ1v) is 11.4. The largest absolute Gasteiger partial charge is 0.376 e. The number of hydrogen-bond acceptors (Lipinski definition) is 5. The number of aromatic nitrogens is 3. The summed E-state index contributed by atoms with van der Waals surface area (Å²) in [5.41, 5.74) is 2.53. The number of nitrogens with zero attached hydrogens (tertiary/aromatic N) is 4. The van der Waals surface area contributed by atoms with E-state index in [2.05, 4.69) is 28.3 Å². The molecule has 1 amide bonds. The Morgan fingerprint density at radius 2 is 2.10 bits per heavy atom. The van der Waals surface area contributed by atoms with E-state index < -0.39 is 0 Å². The second-order valence-electron chi connectivity index (χ2n) is 7.82. The molecule has 31 heavy (non-hydrogen) atoms. The van der Waals surface area contributed by atoms with Crippen molar-refractivity contribution >= 4 is 28.3 Å². The minimum Gasteiger partial charge on any atom is -0.376 e. The van der Waals surface area contributed by atoms with Crippen LogP contribution in [0, 0.1) is 0 Å². The van der Waals surface area contributed by atoms with Crippen molar-refractivity contribution in [1.29, 1.82) is 0 Å². The van der Waals surface area contributed by atoms with E-state index in [0.29, 0.717) is 25.2 Å². The van der Waals surface area contributed by atoms with Crippen molar-refractivity contribution in [2.24, 2.45) is 0 Å². The summed E-state index contributed by atoms with van der Waals surface area (Å²) in [5, 5.41) is 7.40. The molecule has 0 saturated carbocycles. The fraction of sp³-hybridized carbons (Fsp3) is 0.292. The normalized spacial score (nSPS) is 16.1. The molecular weight excluding hydrogens is 408 g/mol. The number of carbonyl (C=O) groups excluding carboxylic acids is 1. The molecule has 0 bridgehead atoms. The fourth-order valence-corrected chi connectivity index (χ4v) is 4.71. The van der Waals surface area contributed by atoms with E-state index in [1.165, 1.54) is 0 Å². The van der Waals surface area contributed by atoms with Gasteiger partial charge in [-0.25, -0.2) is 9.67 Å². The Morgan fingerprint density at radius 3 is 2.87 bits per heavy atom. The van der Waals surface area contributed by atoms with Crippen molar-refractivity contribution in [2.75, 3.05) is 13.2 Å². The van der Waals surface area contributed by atoms with Crippen LogP contribution in [-0.4, -0.2) is 44.8 Å². The molecule has 1 aliphatic rings. The van der Waals surface area contributed by atoms with Gasteiger partial charge in [-0.2, -0.15) is 5.10 Å². The summed E-state index contributed by atoms with van der Waals surface area (Å²) in [7, 11) is 0. The fourth-order valence-electron chi connectivity index (χ4n) is 3.99. The summed E-state index contributed by atoms with van der Waals surface area (Å²) < 4.78 is 7.67. The van der Waals surface area contributed by atoms with E-state index in [4.69, 9.17) is 4.74 Å². The summed E-state index contributed by atoms with van der Waals surface area (Å²) in [6, 6.07) is 16.1. The number of thiophene rings is 1. The molecule has 3 aromatic heterocycles. The van der Waals surface area contributed by atoms with Crippen molar-refractivity contribution < 1.29 is 9.53 Å². The first-order chi connectivity index (χ1) is 15.3. The molecule has 1 aromatic carbocycles. The topological polar surface area (TPSA) is 60.2 Å². The Morgan fingerprint density at radius 1 is 1.19 bits per heavy atom. The van der Waals surface area contributed by atoms with E-state index in [9.17, 15) is 4.79 Å². The lowest BCUT2D eigenvalue weighted by molar-refractivity contribution is 0.0509. The molecular formula is C24H24N4O2S. The third-order valence-electron chi connectivity index (χ3n) is 5.56. The van der Waals surface area contributed by atoms with Crippen molar-refractivity contribution in [3.8, 4) is 0 Å².